The number of fused-ring (bicyclic) bond motifs is 5. The van der Waals surface area contributed by atoms with Gasteiger partial charge in [-0.3, -0.25) is 9.89 Å². The standard InChI is InChI=1S/C14H19NO.C12H16N2.C11H14N2O.C11H14N2.C10H13N3/c1-13(2,3)9-6-7-11-10(8-9)14(4,5)12(16)15-11;1-8-13-10-6-5-9(12(2,3)4)7-11(10)14-8;1-11(2,3)7-4-5-8-9(6-7)13-10(14)12-8;1-11(2,3)9-4-5-10-8(6-9)7-12-13-10;1-10(2,3)7-4-5-8-9(6-7)12-13-11-8/h6-8H,1-5H3,(H,15,16);5-7H,1-4H3,(H,13,14);4-6H,1-3H3,(H2,12,13,14);4-7H,1-3H3,(H,12,13);4-6H,1-3H3,(H,11,12,13). The molecule has 4 aromatic heterocycles. The molecular weight excluding hydrogens is 869 g/mol. The lowest BCUT2D eigenvalue weighted by molar-refractivity contribution is -0.119. The van der Waals surface area contributed by atoms with E-state index >= 15 is 0 Å². The predicted molar refractivity (Wildman–Crippen MR) is 291 cm³/mol. The normalized spacial score (nSPS) is 13.6. The third kappa shape index (κ3) is 12.7. The Balaban J connectivity index is 0.000000144. The fraction of sp³-hybridized carbons (Fsp3) is 0.414. The molecule has 1 amide bonds. The average Bonchev–Trinajstić information content (AvgIpc) is 4.09. The minimum Gasteiger partial charge on any atom is -0.342 e. The Labute approximate surface area is 413 Å². The van der Waals surface area contributed by atoms with E-state index in [-0.39, 0.29) is 38.7 Å². The van der Waals surface area contributed by atoms with Crippen LogP contribution >= 0.6 is 0 Å². The van der Waals surface area contributed by atoms with Gasteiger partial charge in [-0.2, -0.15) is 20.5 Å². The van der Waals surface area contributed by atoms with E-state index in [1.165, 1.54) is 33.2 Å². The van der Waals surface area contributed by atoms with Crippen LogP contribution in [0, 0.1) is 6.92 Å². The SMILES string of the molecule is CC(C)(C)c1ccc2[nH]c(=O)[nH]c2c1.CC(C)(C)c1ccc2[nH]ncc2c1.CC(C)(C)c1ccc2c(c1)C(C)(C)C(=O)N2.CC(C)(C)c1ccc2n[nH]nc2c1.Cc1nc2ccc(C(C)(C)C)cc2[nH]1. The highest BCUT2D eigenvalue weighted by molar-refractivity contribution is 6.05. The summed E-state index contributed by atoms with van der Waals surface area (Å²) in [6.45, 7) is 38.8. The molecule has 10 rings (SSSR count). The molecule has 6 N–H and O–H groups in total. The van der Waals surface area contributed by atoms with E-state index in [0.29, 0.717) is 0 Å². The summed E-state index contributed by atoms with van der Waals surface area (Å²) in [5.74, 6) is 1.07. The number of anilines is 1. The Hall–Kier alpha value is -6.82. The molecule has 0 spiro atoms. The lowest BCUT2D eigenvalue weighted by Gasteiger charge is -2.22. The Morgan fingerprint density at radius 3 is 1.54 bits per heavy atom. The van der Waals surface area contributed by atoms with Gasteiger partial charge in [-0.15, -0.1) is 0 Å². The van der Waals surface area contributed by atoms with Crippen LogP contribution in [-0.2, 0) is 37.3 Å². The van der Waals surface area contributed by atoms with Crippen LogP contribution in [0.2, 0.25) is 0 Å². The second-order valence-corrected chi connectivity index (χ2v) is 24.2. The van der Waals surface area contributed by atoms with Gasteiger partial charge in [-0.05, 0) is 136 Å². The molecule has 0 aliphatic carbocycles. The topological polar surface area (TPSA) is 177 Å². The predicted octanol–water partition coefficient (Wildman–Crippen LogP) is 13.7. The Morgan fingerprint density at radius 1 is 0.471 bits per heavy atom. The third-order valence-electron chi connectivity index (χ3n) is 12.7. The zero-order valence-corrected chi connectivity index (χ0v) is 44.8. The number of hydrogen-bond acceptors (Lipinski definition) is 6. The smallest absolute Gasteiger partial charge is 0.323 e. The van der Waals surface area contributed by atoms with Crippen molar-refractivity contribution in [3.63, 3.8) is 0 Å². The van der Waals surface area contributed by atoms with Gasteiger partial charge in [0.2, 0.25) is 5.91 Å². The molecule has 0 fully saturated rings. The number of amides is 1. The number of imidazole rings is 2. The van der Waals surface area contributed by atoms with Gasteiger partial charge in [-0.1, -0.05) is 140 Å². The largest absolute Gasteiger partial charge is 0.342 e. The second-order valence-electron chi connectivity index (χ2n) is 24.2. The number of carbonyl (C=O) groups excluding carboxylic acids is 1. The number of carbonyl (C=O) groups is 1. The summed E-state index contributed by atoms with van der Waals surface area (Å²) in [6.07, 6.45) is 1.87. The highest BCUT2D eigenvalue weighted by Gasteiger charge is 2.38. The zero-order chi connectivity index (χ0) is 51.8. The van der Waals surface area contributed by atoms with Crippen molar-refractivity contribution in [3.8, 4) is 0 Å². The van der Waals surface area contributed by atoms with Gasteiger partial charge in [0.15, 0.2) is 0 Å². The second kappa shape index (κ2) is 19.5. The highest BCUT2D eigenvalue weighted by atomic mass is 16.2. The van der Waals surface area contributed by atoms with Crippen molar-refractivity contribution in [2.75, 3.05) is 5.32 Å². The number of H-pyrrole nitrogens is 5. The van der Waals surface area contributed by atoms with Crippen LogP contribution in [0.15, 0.2) is 102 Å². The molecule has 1 aliphatic rings. The van der Waals surface area contributed by atoms with Crippen molar-refractivity contribution >= 4 is 55.6 Å². The number of benzene rings is 5. The van der Waals surface area contributed by atoms with E-state index in [4.69, 9.17) is 0 Å². The van der Waals surface area contributed by atoms with E-state index in [9.17, 15) is 9.59 Å². The minimum atomic E-state index is -0.406. The Kier molecular flexibility index (Phi) is 14.7. The van der Waals surface area contributed by atoms with Crippen LogP contribution in [-0.4, -0.2) is 51.5 Å². The maximum absolute atomic E-state index is 11.8. The maximum Gasteiger partial charge on any atom is 0.323 e. The molecule has 5 heterocycles. The molecule has 70 heavy (non-hydrogen) atoms. The lowest BCUT2D eigenvalue weighted by Crippen LogP contribution is -2.27. The fourth-order valence-electron chi connectivity index (χ4n) is 7.86. The summed E-state index contributed by atoms with van der Waals surface area (Å²) in [5, 5.41) is 21.7. The van der Waals surface area contributed by atoms with Crippen molar-refractivity contribution in [1.82, 2.24) is 45.5 Å². The molecular formula is C58H76N10O2. The summed E-state index contributed by atoms with van der Waals surface area (Å²) < 4.78 is 0. The first-order valence-electron chi connectivity index (χ1n) is 24.2. The third-order valence-corrected chi connectivity index (χ3v) is 12.7. The molecule has 9 aromatic rings. The van der Waals surface area contributed by atoms with Crippen LogP contribution in [0.4, 0.5) is 5.69 Å². The van der Waals surface area contributed by atoms with E-state index in [1.54, 1.807) is 0 Å². The van der Waals surface area contributed by atoms with Crippen molar-refractivity contribution in [2.45, 2.75) is 157 Å². The summed E-state index contributed by atoms with van der Waals surface area (Å²) in [7, 11) is 0. The van der Waals surface area contributed by atoms with Crippen molar-refractivity contribution < 1.29 is 4.79 Å². The Morgan fingerprint density at radius 2 is 0.943 bits per heavy atom. The van der Waals surface area contributed by atoms with E-state index < -0.39 is 5.41 Å². The molecule has 370 valence electrons. The van der Waals surface area contributed by atoms with E-state index in [2.05, 4.69) is 215 Å². The minimum absolute atomic E-state index is 0.0913. The molecule has 5 aromatic carbocycles. The van der Waals surface area contributed by atoms with E-state index in [1.807, 2.05) is 57.3 Å². The molecule has 0 saturated carbocycles. The number of hydrogen-bond donors (Lipinski definition) is 6. The maximum atomic E-state index is 11.8. The van der Waals surface area contributed by atoms with Crippen molar-refractivity contribution in [3.05, 3.63) is 147 Å². The first kappa shape index (κ1) is 52.5. The van der Waals surface area contributed by atoms with Crippen LogP contribution < -0.4 is 11.0 Å². The molecule has 0 unspecified atom stereocenters. The van der Waals surface area contributed by atoms with Crippen LogP contribution in [0.1, 0.15) is 157 Å². The van der Waals surface area contributed by atoms with Gasteiger partial charge in [0.05, 0.1) is 39.2 Å². The van der Waals surface area contributed by atoms with Gasteiger partial charge in [-0.25, -0.2) is 9.78 Å². The number of aromatic amines is 5. The summed E-state index contributed by atoms with van der Waals surface area (Å²) >= 11 is 0. The summed E-state index contributed by atoms with van der Waals surface area (Å²) in [6, 6.07) is 31.3. The van der Waals surface area contributed by atoms with Gasteiger partial charge in [0.1, 0.15) is 16.9 Å². The highest BCUT2D eigenvalue weighted by Crippen LogP contribution is 2.39. The monoisotopic (exact) mass is 945 g/mol. The van der Waals surface area contributed by atoms with Crippen molar-refractivity contribution in [1.29, 1.82) is 0 Å². The fourth-order valence-corrected chi connectivity index (χ4v) is 7.86. The first-order valence-corrected chi connectivity index (χ1v) is 24.2. The summed E-state index contributed by atoms with van der Waals surface area (Å²) in [5.41, 5.74) is 15.7. The number of nitrogens with zero attached hydrogens (tertiary/aromatic N) is 4. The number of aryl methyl sites for hydroxylation is 1. The number of rotatable bonds is 0. The van der Waals surface area contributed by atoms with Crippen LogP contribution in [0.3, 0.4) is 0 Å². The Bertz CT molecular complexity index is 3220. The lowest BCUT2D eigenvalue weighted by atomic mass is 9.80. The van der Waals surface area contributed by atoms with Gasteiger partial charge >= 0.3 is 5.69 Å². The molecule has 0 saturated heterocycles. The molecule has 0 atom stereocenters. The van der Waals surface area contributed by atoms with Gasteiger partial charge < -0.3 is 20.3 Å². The number of aromatic nitrogens is 9. The molecule has 0 radical (unpaired) electrons. The number of nitrogens with one attached hydrogen (secondary N) is 6. The summed E-state index contributed by atoms with van der Waals surface area (Å²) in [4.78, 5) is 36.0. The zero-order valence-electron chi connectivity index (χ0n) is 44.8. The quantitative estimate of drug-likeness (QED) is 0.0881. The van der Waals surface area contributed by atoms with E-state index in [0.717, 1.165) is 55.7 Å². The van der Waals surface area contributed by atoms with Gasteiger partial charge in [0.25, 0.3) is 0 Å². The molecule has 12 nitrogen and oxygen atoms in total. The van der Waals surface area contributed by atoms with Crippen molar-refractivity contribution in [2.24, 2.45) is 0 Å². The molecule has 1 aliphatic heterocycles. The van der Waals surface area contributed by atoms with Crippen LogP contribution in [0.25, 0.3) is 44.0 Å². The first-order chi connectivity index (χ1) is 32.3. The average molecular weight is 945 g/mol. The van der Waals surface area contributed by atoms with Gasteiger partial charge in [0, 0.05) is 11.1 Å². The molecule has 12 heteroatoms. The van der Waals surface area contributed by atoms with Crippen LogP contribution in [0.5, 0.6) is 0 Å². The molecule has 0 bridgehead atoms.